The van der Waals surface area contributed by atoms with Crippen molar-refractivity contribution < 1.29 is 9.34 Å². The molecule has 3 aromatic rings. The fourth-order valence-corrected chi connectivity index (χ4v) is 3.62. The molecule has 1 aliphatic heterocycles. The van der Waals surface area contributed by atoms with E-state index in [0.29, 0.717) is 34.1 Å². The SMILES string of the molecule is O=c1/c(=C/C=C/c2ccco2)sc2n1CN(c1cccc([N+](=O)[O-])c1)CN=2. The molecule has 0 saturated carbocycles. The van der Waals surface area contributed by atoms with E-state index in [1.165, 1.54) is 23.5 Å². The molecule has 0 saturated heterocycles. The van der Waals surface area contributed by atoms with Crippen LogP contribution in [-0.2, 0) is 6.67 Å². The molecule has 2 aromatic heterocycles. The van der Waals surface area contributed by atoms with Crippen molar-refractivity contribution in [3.05, 3.63) is 84.3 Å². The monoisotopic (exact) mass is 382 g/mol. The zero-order valence-electron chi connectivity index (χ0n) is 14.0. The highest BCUT2D eigenvalue weighted by Gasteiger charge is 2.17. The molecular weight excluding hydrogens is 368 g/mol. The van der Waals surface area contributed by atoms with Crippen LogP contribution in [0.1, 0.15) is 5.76 Å². The Kier molecular flexibility index (Phi) is 4.43. The average molecular weight is 382 g/mol. The van der Waals surface area contributed by atoms with E-state index in [-0.39, 0.29) is 11.2 Å². The lowest BCUT2D eigenvalue weighted by atomic mass is 10.2. The summed E-state index contributed by atoms with van der Waals surface area (Å²) in [5, 5.41) is 11.0. The molecule has 0 bridgehead atoms. The highest BCUT2D eigenvalue weighted by molar-refractivity contribution is 7.07. The standard InChI is InChI=1S/C18H14N4O4S/c23-17-16(8-2-6-15-7-3-9-26-15)27-18-19-11-20(12-21(17)18)13-4-1-5-14(10-13)22(24)25/h1-10H,11-12H2/b6-2+,16-8-. The number of nitro groups is 1. The molecule has 0 N–H and O–H groups in total. The van der Waals surface area contributed by atoms with Crippen LogP contribution in [0.4, 0.5) is 11.4 Å². The number of benzene rings is 1. The highest BCUT2D eigenvalue weighted by atomic mass is 32.1. The number of non-ortho nitro benzene ring substituents is 1. The largest absolute Gasteiger partial charge is 0.465 e. The molecule has 1 aromatic carbocycles. The van der Waals surface area contributed by atoms with Crippen LogP contribution in [0.3, 0.4) is 0 Å². The molecule has 1 aliphatic rings. The van der Waals surface area contributed by atoms with Crippen LogP contribution in [0.5, 0.6) is 0 Å². The lowest BCUT2D eigenvalue weighted by molar-refractivity contribution is -0.384. The first kappa shape index (κ1) is 17.0. The smallest absolute Gasteiger partial charge is 0.271 e. The van der Waals surface area contributed by atoms with Gasteiger partial charge in [-0.3, -0.25) is 19.5 Å². The topological polar surface area (TPSA) is 93.9 Å². The second-order valence-electron chi connectivity index (χ2n) is 5.78. The zero-order chi connectivity index (χ0) is 18.8. The number of anilines is 1. The van der Waals surface area contributed by atoms with Crippen LogP contribution >= 0.6 is 11.3 Å². The first-order valence-electron chi connectivity index (χ1n) is 8.07. The van der Waals surface area contributed by atoms with E-state index in [4.69, 9.17) is 4.42 Å². The second-order valence-corrected chi connectivity index (χ2v) is 6.79. The summed E-state index contributed by atoms with van der Waals surface area (Å²) in [6, 6.07) is 9.92. The van der Waals surface area contributed by atoms with Crippen molar-refractivity contribution in [2.45, 2.75) is 6.67 Å². The van der Waals surface area contributed by atoms with E-state index in [2.05, 4.69) is 4.99 Å². The quantitative estimate of drug-likeness (QED) is 0.508. The molecule has 0 atom stereocenters. The Morgan fingerprint density at radius 2 is 2.19 bits per heavy atom. The summed E-state index contributed by atoms with van der Waals surface area (Å²) in [7, 11) is 0. The predicted molar refractivity (Wildman–Crippen MR) is 102 cm³/mol. The van der Waals surface area contributed by atoms with Gasteiger partial charge in [0.25, 0.3) is 11.2 Å². The fourth-order valence-electron chi connectivity index (χ4n) is 2.71. The van der Waals surface area contributed by atoms with Crippen molar-refractivity contribution in [3.8, 4) is 0 Å². The van der Waals surface area contributed by atoms with E-state index in [1.54, 1.807) is 47.3 Å². The Morgan fingerprint density at radius 3 is 2.96 bits per heavy atom. The maximum absolute atomic E-state index is 12.6. The van der Waals surface area contributed by atoms with Crippen LogP contribution in [0.2, 0.25) is 0 Å². The van der Waals surface area contributed by atoms with Gasteiger partial charge in [-0.1, -0.05) is 23.5 Å². The maximum Gasteiger partial charge on any atom is 0.271 e. The Morgan fingerprint density at radius 1 is 1.30 bits per heavy atom. The van der Waals surface area contributed by atoms with Gasteiger partial charge < -0.3 is 9.32 Å². The van der Waals surface area contributed by atoms with Gasteiger partial charge >= 0.3 is 0 Å². The Labute approximate surface area is 156 Å². The Balaban J connectivity index is 1.62. The van der Waals surface area contributed by atoms with Gasteiger partial charge in [-0.15, -0.1) is 0 Å². The number of allylic oxidation sites excluding steroid dienone is 1. The number of hydrogen-bond donors (Lipinski definition) is 0. The summed E-state index contributed by atoms with van der Waals surface area (Å²) in [5.74, 6) is 0.703. The number of nitro benzene ring substituents is 1. The molecule has 0 spiro atoms. The number of fused-ring (bicyclic) bond motifs is 1. The molecule has 136 valence electrons. The molecule has 8 nitrogen and oxygen atoms in total. The summed E-state index contributed by atoms with van der Waals surface area (Å²) in [6.07, 6.45) is 6.85. The van der Waals surface area contributed by atoms with E-state index in [1.807, 2.05) is 11.0 Å². The highest BCUT2D eigenvalue weighted by Crippen LogP contribution is 2.21. The van der Waals surface area contributed by atoms with Gasteiger partial charge in [-0.25, -0.2) is 4.99 Å². The number of thiazole rings is 1. The number of hydrogen-bond acceptors (Lipinski definition) is 7. The molecule has 3 heterocycles. The van der Waals surface area contributed by atoms with E-state index in [9.17, 15) is 14.9 Å². The number of aromatic nitrogens is 1. The third-order valence-electron chi connectivity index (χ3n) is 4.03. The zero-order valence-corrected chi connectivity index (χ0v) is 14.8. The van der Waals surface area contributed by atoms with Crippen molar-refractivity contribution in [1.29, 1.82) is 0 Å². The fraction of sp³-hybridized carbons (Fsp3) is 0.111. The average Bonchev–Trinajstić information content (AvgIpc) is 3.30. The van der Waals surface area contributed by atoms with Gasteiger partial charge in [0.2, 0.25) is 0 Å². The molecule has 4 rings (SSSR count). The van der Waals surface area contributed by atoms with Crippen molar-refractivity contribution in [1.82, 2.24) is 4.57 Å². The Bertz CT molecular complexity index is 1190. The van der Waals surface area contributed by atoms with Gasteiger partial charge in [0.15, 0.2) is 4.80 Å². The lowest BCUT2D eigenvalue weighted by Crippen LogP contribution is -2.42. The van der Waals surface area contributed by atoms with Gasteiger partial charge in [0.05, 0.1) is 15.7 Å². The minimum Gasteiger partial charge on any atom is -0.465 e. The van der Waals surface area contributed by atoms with E-state index < -0.39 is 4.92 Å². The lowest BCUT2D eigenvalue weighted by Gasteiger charge is -2.25. The predicted octanol–water partition coefficient (Wildman–Crippen LogP) is 1.96. The molecule has 0 radical (unpaired) electrons. The van der Waals surface area contributed by atoms with Crippen molar-refractivity contribution in [3.63, 3.8) is 0 Å². The molecule has 0 aliphatic carbocycles. The molecule has 0 amide bonds. The number of nitrogens with zero attached hydrogens (tertiary/aromatic N) is 4. The second kappa shape index (κ2) is 7.04. The normalized spacial score (nSPS) is 14.4. The number of furan rings is 1. The minimum atomic E-state index is -0.439. The van der Waals surface area contributed by atoms with Gasteiger partial charge in [-0.05, 0) is 30.4 Å². The van der Waals surface area contributed by atoms with Crippen LogP contribution in [-0.4, -0.2) is 16.2 Å². The third-order valence-corrected chi connectivity index (χ3v) is 5.10. The van der Waals surface area contributed by atoms with Crippen molar-refractivity contribution in [2.24, 2.45) is 4.99 Å². The van der Waals surface area contributed by atoms with Crippen molar-refractivity contribution in [2.75, 3.05) is 11.6 Å². The first-order chi connectivity index (χ1) is 13.1. The summed E-state index contributed by atoms with van der Waals surface area (Å²) in [4.78, 5) is 30.1. The Hall–Kier alpha value is -3.46. The van der Waals surface area contributed by atoms with Crippen LogP contribution in [0, 0.1) is 10.1 Å². The summed E-state index contributed by atoms with van der Waals surface area (Å²) in [5.41, 5.74) is 0.519. The van der Waals surface area contributed by atoms with Gasteiger partial charge in [0.1, 0.15) is 19.1 Å². The molecular formula is C18H14N4O4S. The van der Waals surface area contributed by atoms with Crippen LogP contribution < -0.4 is 19.8 Å². The minimum absolute atomic E-state index is 0.00745. The third kappa shape index (κ3) is 3.44. The molecule has 27 heavy (non-hydrogen) atoms. The molecule has 9 heteroatoms. The van der Waals surface area contributed by atoms with E-state index >= 15 is 0 Å². The van der Waals surface area contributed by atoms with E-state index in [0.717, 1.165) is 0 Å². The summed E-state index contributed by atoms with van der Waals surface area (Å²) >= 11 is 1.32. The number of rotatable bonds is 4. The summed E-state index contributed by atoms with van der Waals surface area (Å²) < 4.78 is 7.35. The van der Waals surface area contributed by atoms with Crippen molar-refractivity contribution >= 4 is 34.9 Å². The first-order valence-corrected chi connectivity index (χ1v) is 8.89. The van der Waals surface area contributed by atoms with Crippen LogP contribution in [0.15, 0.2) is 62.9 Å². The maximum atomic E-state index is 12.6. The summed E-state index contributed by atoms with van der Waals surface area (Å²) in [6.45, 7) is 0.633. The van der Waals surface area contributed by atoms with Gasteiger partial charge in [-0.2, -0.15) is 0 Å². The molecule has 0 unspecified atom stereocenters. The van der Waals surface area contributed by atoms with Crippen LogP contribution in [0.25, 0.3) is 12.2 Å². The molecule has 0 fully saturated rings. The van der Waals surface area contributed by atoms with Gasteiger partial charge in [0, 0.05) is 17.8 Å².